The first-order valence-electron chi connectivity index (χ1n) is 6.38. The first kappa shape index (κ1) is 10.7. The van der Waals surface area contributed by atoms with Crippen molar-refractivity contribution >= 4 is 0 Å². The van der Waals surface area contributed by atoms with Crippen LogP contribution in [0.15, 0.2) is 10.7 Å². The minimum Gasteiger partial charge on any atom is -0.449 e. The summed E-state index contributed by atoms with van der Waals surface area (Å²) in [7, 11) is 0. The van der Waals surface area contributed by atoms with E-state index in [1.807, 2.05) is 6.26 Å². The van der Waals surface area contributed by atoms with E-state index >= 15 is 0 Å². The maximum absolute atomic E-state index is 5.45. The molecule has 0 amide bonds. The lowest BCUT2D eigenvalue weighted by atomic mass is 10.1. The van der Waals surface area contributed by atoms with Crippen LogP contribution in [0.5, 0.6) is 0 Å². The molecule has 2 nitrogen and oxygen atoms in total. The molecule has 2 bridgehead atoms. The minimum atomic E-state index is 0.948. The predicted molar refractivity (Wildman–Crippen MR) is 60.8 cm³/mol. The molecule has 0 saturated carbocycles. The third-order valence-electron chi connectivity index (χ3n) is 3.17. The molecule has 0 aromatic carbocycles. The molecule has 0 atom stereocenters. The van der Waals surface area contributed by atoms with Gasteiger partial charge in [0, 0.05) is 6.42 Å². The average molecular weight is 207 g/mol. The second kappa shape index (κ2) is 5.94. The van der Waals surface area contributed by atoms with E-state index in [4.69, 9.17) is 4.42 Å². The molecule has 0 fully saturated rings. The highest BCUT2D eigenvalue weighted by Gasteiger charge is 2.04. The minimum absolute atomic E-state index is 0.948. The van der Waals surface area contributed by atoms with Gasteiger partial charge in [0.2, 0.25) is 0 Å². The normalized spacial score (nSPS) is 20.0. The number of fused-ring (bicyclic) bond motifs is 2. The van der Waals surface area contributed by atoms with Gasteiger partial charge in [-0.15, -0.1) is 0 Å². The largest absolute Gasteiger partial charge is 0.449 e. The maximum atomic E-state index is 5.45. The lowest BCUT2D eigenvalue weighted by Crippen LogP contribution is -1.88. The fourth-order valence-corrected chi connectivity index (χ4v) is 2.22. The molecule has 2 rings (SSSR count). The van der Waals surface area contributed by atoms with Crippen LogP contribution in [0.1, 0.15) is 63.0 Å². The van der Waals surface area contributed by atoms with E-state index < -0.39 is 0 Å². The molecule has 0 spiro atoms. The van der Waals surface area contributed by atoms with Crippen LogP contribution in [0.25, 0.3) is 0 Å². The number of rotatable bonds is 0. The van der Waals surface area contributed by atoms with Gasteiger partial charge in [0.05, 0.1) is 5.69 Å². The average Bonchev–Trinajstić information content (AvgIpc) is 2.69. The van der Waals surface area contributed by atoms with Crippen LogP contribution < -0.4 is 0 Å². The quantitative estimate of drug-likeness (QED) is 0.645. The van der Waals surface area contributed by atoms with Crippen LogP contribution in [-0.2, 0) is 12.8 Å². The van der Waals surface area contributed by atoms with Crippen molar-refractivity contribution in [3.63, 3.8) is 0 Å². The van der Waals surface area contributed by atoms with Crippen LogP contribution in [0.2, 0.25) is 0 Å². The van der Waals surface area contributed by atoms with E-state index in [0.29, 0.717) is 0 Å². The summed E-state index contributed by atoms with van der Waals surface area (Å²) < 4.78 is 5.45. The van der Waals surface area contributed by atoms with E-state index in [9.17, 15) is 0 Å². The second-order valence-electron chi connectivity index (χ2n) is 4.56. The molecule has 1 aromatic rings. The Balaban J connectivity index is 1.88. The SMILES string of the molecule is c1oc2nc1CCCCCCCCCC2. The lowest BCUT2D eigenvalue weighted by molar-refractivity contribution is 0.475. The highest BCUT2D eigenvalue weighted by atomic mass is 16.3. The Labute approximate surface area is 92.1 Å². The molecule has 2 heterocycles. The summed E-state index contributed by atoms with van der Waals surface area (Å²) in [5, 5.41) is 0. The monoisotopic (exact) mass is 207 g/mol. The molecule has 0 unspecified atom stereocenters. The van der Waals surface area contributed by atoms with Crippen LogP contribution in [0.3, 0.4) is 0 Å². The van der Waals surface area contributed by atoms with Gasteiger partial charge in [-0.05, 0) is 19.3 Å². The summed E-state index contributed by atoms with van der Waals surface area (Å²) in [6, 6.07) is 0. The number of aryl methyl sites for hydroxylation is 2. The van der Waals surface area contributed by atoms with E-state index in [1.54, 1.807) is 0 Å². The van der Waals surface area contributed by atoms with Gasteiger partial charge in [0.25, 0.3) is 0 Å². The van der Waals surface area contributed by atoms with E-state index in [0.717, 1.165) is 24.4 Å². The van der Waals surface area contributed by atoms with Gasteiger partial charge < -0.3 is 4.42 Å². The smallest absolute Gasteiger partial charge is 0.194 e. The Kier molecular flexibility index (Phi) is 4.24. The molecular formula is C13H21NO. The molecule has 0 radical (unpaired) electrons. The number of aromatic nitrogens is 1. The van der Waals surface area contributed by atoms with Crippen molar-refractivity contribution in [3.8, 4) is 0 Å². The van der Waals surface area contributed by atoms with Crippen LogP contribution >= 0.6 is 0 Å². The zero-order valence-electron chi connectivity index (χ0n) is 9.50. The van der Waals surface area contributed by atoms with Crippen molar-refractivity contribution in [1.29, 1.82) is 0 Å². The molecule has 0 aliphatic carbocycles. The Morgan fingerprint density at radius 1 is 0.800 bits per heavy atom. The fourth-order valence-electron chi connectivity index (χ4n) is 2.22. The van der Waals surface area contributed by atoms with Crippen molar-refractivity contribution in [2.45, 2.75) is 64.2 Å². The highest BCUT2D eigenvalue weighted by Crippen LogP contribution is 2.14. The fraction of sp³-hybridized carbons (Fsp3) is 0.769. The van der Waals surface area contributed by atoms with Crippen molar-refractivity contribution in [2.75, 3.05) is 0 Å². The highest BCUT2D eigenvalue weighted by molar-refractivity contribution is 4.96. The maximum Gasteiger partial charge on any atom is 0.194 e. The summed E-state index contributed by atoms with van der Waals surface area (Å²) in [6.07, 6.45) is 14.8. The summed E-state index contributed by atoms with van der Waals surface area (Å²) in [5.41, 5.74) is 1.16. The Bertz CT molecular complexity index is 253. The summed E-state index contributed by atoms with van der Waals surface area (Å²) in [5.74, 6) is 0.948. The van der Waals surface area contributed by atoms with Gasteiger partial charge in [-0.1, -0.05) is 38.5 Å². The van der Waals surface area contributed by atoms with Gasteiger partial charge in [0.1, 0.15) is 6.26 Å². The van der Waals surface area contributed by atoms with Gasteiger partial charge >= 0.3 is 0 Å². The molecular weight excluding hydrogens is 186 g/mol. The lowest BCUT2D eigenvalue weighted by Gasteiger charge is -2.00. The molecule has 1 aromatic heterocycles. The third kappa shape index (κ3) is 3.69. The van der Waals surface area contributed by atoms with Crippen molar-refractivity contribution in [1.82, 2.24) is 4.98 Å². The molecule has 84 valence electrons. The second-order valence-corrected chi connectivity index (χ2v) is 4.56. The van der Waals surface area contributed by atoms with Gasteiger partial charge in [-0.25, -0.2) is 4.98 Å². The van der Waals surface area contributed by atoms with Crippen LogP contribution in [-0.4, -0.2) is 4.98 Å². The molecule has 1 aliphatic rings. The third-order valence-corrected chi connectivity index (χ3v) is 3.17. The Morgan fingerprint density at radius 3 is 2.13 bits per heavy atom. The Morgan fingerprint density at radius 2 is 1.40 bits per heavy atom. The van der Waals surface area contributed by atoms with Crippen molar-refractivity contribution in [2.24, 2.45) is 0 Å². The topological polar surface area (TPSA) is 26.0 Å². The van der Waals surface area contributed by atoms with Gasteiger partial charge in [-0.2, -0.15) is 0 Å². The molecule has 15 heavy (non-hydrogen) atoms. The van der Waals surface area contributed by atoms with Crippen molar-refractivity contribution < 1.29 is 4.42 Å². The van der Waals surface area contributed by atoms with Crippen molar-refractivity contribution in [3.05, 3.63) is 17.8 Å². The Hall–Kier alpha value is -0.790. The molecule has 0 saturated heterocycles. The van der Waals surface area contributed by atoms with Crippen LogP contribution in [0, 0.1) is 0 Å². The first-order valence-corrected chi connectivity index (χ1v) is 6.38. The standard InChI is InChI=1S/C13H21NO/c1-2-4-6-8-10-13-14-12(11-15-13)9-7-5-3-1/h11H,1-10H2. The number of oxazole rings is 1. The summed E-state index contributed by atoms with van der Waals surface area (Å²) in [4.78, 5) is 4.51. The van der Waals surface area contributed by atoms with Gasteiger partial charge in [0.15, 0.2) is 5.89 Å². The summed E-state index contributed by atoms with van der Waals surface area (Å²) >= 11 is 0. The van der Waals surface area contributed by atoms with E-state index in [1.165, 1.54) is 51.4 Å². The zero-order chi connectivity index (χ0) is 10.3. The summed E-state index contributed by atoms with van der Waals surface area (Å²) in [6.45, 7) is 0. The molecule has 1 aliphatic heterocycles. The first-order chi connectivity index (χ1) is 7.45. The van der Waals surface area contributed by atoms with E-state index in [-0.39, 0.29) is 0 Å². The number of hydrogen-bond donors (Lipinski definition) is 0. The predicted octanol–water partition coefficient (Wildman–Crippen LogP) is 3.89. The van der Waals surface area contributed by atoms with Gasteiger partial charge in [-0.3, -0.25) is 0 Å². The van der Waals surface area contributed by atoms with Crippen LogP contribution in [0.4, 0.5) is 0 Å². The molecule has 0 N–H and O–H groups in total. The number of nitrogens with zero attached hydrogens (tertiary/aromatic N) is 1. The number of hydrogen-bond acceptors (Lipinski definition) is 2. The van der Waals surface area contributed by atoms with E-state index in [2.05, 4.69) is 4.98 Å². The molecule has 2 heteroatoms. The zero-order valence-corrected chi connectivity index (χ0v) is 9.50.